The van der Waals surface area contributed by atoms with Gasteiger partial charge in [-0.3, -0.25) is 9.69 Å². The molecule has 0 saturated heterocycles. The van der Waals surface area contributed by atoms with Crippen molar-refractivity contribution in [2.24, 2.45) is 0 Å². The van der Waals surface area contributed by atoms with Gasteiger partial charge in [0.25, 0.3) is 0 Å². The Morgan fingerprint density at radius 3 is 2.43 bits per heavy atom. The van der Waals surface area contributed by atoms with E-state index in [0.717, 1.165) is 11.1 Å². The Balaban J connectivity index is 1.82. The average molecular weight is 431 g/mol. The van der Waals surface area contributed by atoms with Gasteiger partial charge in [-0.05, 0) is 42.0 Å². The first-order chi connectivity index (χ1) is 14.5. The van der Waals surface area contributed by atoms with Gasteiger partial charge in [-0.1, -0.05) is 17.4 Å². The number of amides is 1. The predicted molar refractivity (Wildman–Crippen MR) is 113 cm³/mol. The van der Waals surface area contributed by atoms with Gasteiger partial charge in [-0.2, -0.15) is 0 Å². The van der Waals surface area contributed by atoms with Crippen LogP contribution in [-0.4, -0.2) is 50.6 Å². The van der Waals surface area contributed by atoms with Crippen molar-refractivity contribution in [1.29, 1.82) is 0 Å². The lowest BCUT2D eigenvalue weighted by Crippen LogP contribution is -2.35. The molecule has 9 heteroatoms. The molecule has 0 spiro atoms. The molecule has 0 saturated carbocycles. The third-order valence-corrected chi connectivity index (χ3v) is 5.36. The molecule has 7 nitrogen and oxygen atoms in total. The molecule has 3 rings (SSSR count). The number of hydrogen-bond acceptors (Lipinski definition) is 7. The van der Waals surface area contributed by atoms with Crippen molar-refractivity contribution < 1.29 is 23.4 Å². The van der Waals surface area contributed by atoms with E-state index in [4.69, 9.17) is 14.2 Å². The summed E-state index contributed by atoms with van der Waals surface area (Å²) >= 11 is 1.26. The van der Waals surface area contributed by atoms with E-state index in [1.165, 1.54) is 23.5 Å². The normalized spacial score (nSPS) is 10.7. The maximum absolute atomic E-state index is 13.2. The highest BCUT2D eigenvalue weighted by Crippen LogP contribution is 2.30. The summed E-state index contributed by atoms with van der Waals surface area (Å²) in [4.78, 5) is 14.6. The fourth-order valence-corrected chi connectivity index (χ4v) is 3.70. The second-order valence-electron chi connectivity index (χ2n) is 6.30. The molecule has 0 radical (unpaired) electrons. The van der Waals surface area contributed by atoms with Crippen molar-refractivity contribution in [3.05, 3.63) is 53.8 Å². The first-order valence-electron chi connectivity index (χ1n) is 9.15. The van der Waals surface area contributed by atoms with Gasteiger partial charge in [0.1, 0.15) is 10.8 Å². The van der Waals surface area contributed by atoms with Crippen molar-refractivity contribution in [3.63, 3.8) is 0 Å². The second-order valence-corrected chi connectivity index (χ2v) is 7.26. The molecular weight excluding hydrogens is 409 g/mol. The number of carbonyl (C=O) groups excluding carboxylic acids is 1. The van der Waals surface area contributed by atoms with Crippen LogP contribution in [-0.2, 0) is 16.0 Å². The first kappa shape index (κ1) is 21.7. The quantitative estimate of drug-likeness (QED) is 0.516. The van der Waals surface area contributed by atoms with Gasteiger partial charge >= 0.3 is 0 Å². The molecule has 0 aliphatic rings. The number of halogens is 1. The minimum absolute atomic E-state index is 0.148. The fourth-order valence-electron chi connectivity index (χ4n) is 2.80. The van der Waals surface area contributed by atoms with E-state index in [9.17, 15) is 9.18 Å². The molecule has 0 N–H and O–H groups in total. The maximum Gasteiger partial charge on any atom is 0.233 e. The summed E-state index contributed by atoms with van der Waals surface area (Å²) in [7, 11) is 4.68. The summed E-state index contributed by atoms with van der Waals surface area (Å²) in [5.41, 5.74) is 1.52. The SMILES string of the molecule is COCCN(C(=O)Cc1ccc(OC)c(OC)c1)c1nnc(-c2ccc(F)cc2)s1. The molecular formula is C21H22FN3O4S. The second kappa shape index (κ2) is 10.1. The van der Waals surface area contributed by atoms with E-state index in [1.54, 1.807) is 50.5 Å². The summed E-state index contributed by atoms with van der Waals surface area (Å²) in [6.45, 7) is 0.684. The third-order valence-electron chi connectivity index (χ3n) is 4.36. The number of benzene rings is 2. The molecule has 0 aliphatic carbocycles. The van der Waals surface area contributed by atoms with Crippen LogP contribution in [0.2, 0.25) is 0 Å². The molecule has 1 amide bonds. The summed E-state index contributed by atoms with van der Waals surface area (Å²) in [6.07, 6.45) is 0.148. The summed E-state index contributed by atoms with van der Waals surface area (Å²) in [5, 5.41) is 9.39. The van der Waals surface area contributed by atoms with E-state index in [0.29, 0.717) is 34.8 Å². The zero-order valence-corrected chi connectivity index (χ0v) is 17.7. The van der Waals surface area contributed by atoms with E-state index >= 15 is 0 Å². The molecule has 2 aromatic carbocycles. The number of methoxy groups -OCH3 is 3. The van der Waals surface area contributed by atoms with Gasteiger partial charge in [0.05, 0.1) is 33.8 Å². The molecule has 1 heterocycles. The molecule has 0 unspecified atom stereocenters. The Kier molecular flexibility index (Phi) is 7.31. The van der Waals surface area contributed by atoms with E-state index in [1.807, 2.05) is 6.07 Å². The average Bonchev–Trinajstić information content (AvgIpc) is 3.24. The molecule has 0 aliphatic heterocycles. The molecule has 0 fully saturated rings. The summed E-state index contributed by atoms with van der Waals surface area (Å²) in [5.74, 6) is 0.676. The van der Waals surface area contributed by atoms with Gasteiger partial charge in [-0.15, -0.1) is 10.2 Å². The number of carbonyl (C=O) groups is 1. The Bertz CT molecular complexity index is 994. The van der Waals surface area contributed by atoms with Crippen LogP contribution in [0.25, 0.3) is 10.6 Å². The van der Waals surface area contributed by atoms with Crippen LogP contribution >= 0.6 is 11.3 Å². The number of hydrogen-bond donors (Lipinski definition) is 0. The lowest BCUT2D eigenvalue weighted by atomic mass is 10.1. The van der Waals surface area contributed by atoms with Crippen molar-refractivity contribution in [2.75, 3.05) is 39.4 Å². The monoisotopic (exact) mass is 431 g/mol. The Morgan fingerprint density at radius 1 is 1.03 bits per heavy atom. The van der Waals surface area contributed by atoms with Crippen molar-refractivity contribution in [2.45, 2.75) is 6.42 Å². The lowest BCUT2D eigenvalue weighted by molar-refractivity contribution is -0.118. The smallest absolute Gasteiger partial charge is 0.233 e. The van der Waals surface area contributed by atoms with Crippen LogP contribution in [0, 0.1) is 5.82 Å². The van der Waals surface area contributed by atoms with Gasteiger partial charge in [0.2, 0.25) is 11.0 Å². The van der Waals surface area contributed by atoms with Crippen LogP contribution in [0.5, 0.6) is 11.5 Å². The van der Waals surface area contributed by atoms with Crippen LogP contribution in [0.3, 0.4) is 0 Å². The minimum Gasteiger partial charge on any atom is -0.493 e. The summed E-state index contributed by atoms with van der Waals surface area (Å²) < 4.78 is 28.9. The van der Waals surface area contributed by atoms with E-state index in [-0.39, 0.29) is 18.1 Å². The maximum atomic E-state index is 13.2. The molecule has 0 atom stereocenters. The standard InChI is InChI=1S/C21H22FN3O4S/c1-27-11-10-25(19(26)13-14-4-9-17(28-2)18(12-14)29-3)21-24-23-20(30-21)15-5-7-16(22)8-6-15/h4-9,12H,10-11,13H2,1-3H3. The highest BCUT2D eigenvalue weighted by Gasteiger charge is 2.21. The number of rotatable bonds is 9. The highest BCUT2D eigenvalue weighted by atomic mass is 32.1. The fraction of sp³-hybridized carbons (Fsp3) is 0.286. The topological polar surface area (TPSA) is 73.8 Å². The Morgan fingerprint density at radius 2 is 1.77 bits per heavy atom. The zero-order chi connectivity index (χ0) is 21.5. The zero-order valence-electron chi connectivity index (χ0n) is 16.9. The Labute approximate surface area is 178 Å². The molecule has 0 bridgehead atoms. The van der Waals surface area contributed by atoms with Crippen LogP contribution in [0.1, 0.15) is 5.56 Å². The van der Waals surface area contributed by atoms with Gasteiger partial charge in [0.15, 0.2) is 11.5 Å². The number of nitrogens with zero attached hydrogens (tertiary/aromatic N) is 3. The number of anilines is 1. The van der Waals surface area contributed by atoms with Crippen molar-refractivity contribution >= 4 is 22.4 Å². The highest BCUT2D eigenvalue weighted by molar-refractivity contribution is 7.18. The number of ether oxygens (including phenoxy) is 3. The van der Waals surface area contributed by atoms with Gasteiger partial charge < -0.3 is 14.2 Å². The largest absolute Gasteiger partial charge is 0.493 e. The first-order valence-corrected chi connectivity index (χ1v) is 9.97. The van der Waals surface area contributed by atoms with Crippen molar-refractivity contribution in [3.8, 4) is 22.1 Å². The van der Waals surface area contributed by atoms with Crippen LogP contribution in [0.15, 0.2) is 42.5 Å². The van der Waals surface area contributed by atoms with Gasteiger partial charge in [-0.25, -0.2) is 4.39 Å². The third kappa shape index (κ3) is 5.11. The Hall–Kier alpha value is -3.04. The molecule has 1 aromatic heterocycles. The van der Waals surface area contributed by atoms with Crippen LogP contribution < -0.4 is 14.4 Å². The van der Waals surface area contributed by atoms with E-state index in [2.05, 4.69) is 10.2 Å². The lowest BCUT2D eigenvalue weighted by Gasteiger charge is -2.19. The molecule has 30 heavy (non-hydrogen) atoms. The number of aromatic nitrogens is 2. The van der Waals surface area contributed by atoms with E-state index < -0.39 is 0 Å². The predicted octanol–water partition coefficient (Wildman–Crippen LogP) is 3.58. The summed E-state index contributed by atoms with van der Waals surface area (Å²) in [6, 6.07) is 11.3. The van der Waals surface area contributed by atoms with Gasteiger partial charge in [0, 0.05) is 12.7 Å². The van der Waals surface area contributed by atoms with Crippen molar-refractivity contribution in [1.82, 2.24) is 10.2 Å². The molecule has 3 aromatic rings. The molecule has 158 valence electrons. The van der Waals surface area contributed by atoms with Crippen LogP contribution in [0.4, 0.5) is 9.52 Å². The minimum atomic E-state index is -0.324.